The van der Waals surface area contributed by atoms with Gasteiger partial charge in [-0.15, -0.1) is 11.3 Å². The highest BCUT2D eigenvalue weighted by Crippen LogP contribution is 2.32. The Kier molecular flexibility index (Phi) is 10.3. The minimum Gasteiger partial charge on any atom is -0.491 e. The van der Waals surface area contributed by atoms with Crippen molar-refractivity contribution in [1.29, 1.82) is 0 Å². The molecule has 0 saturated heterocycles. The van der Waals surface area contributed by atoms with Crippen molar-refractivity contribution in [2.45, 2.75) is 85.8 Å². The Morgan fingerprint density at radius 3 is 2.40 bits per heavy atom. The first-order valence-electron chi connectivity index (χ1n) is 12.3. The first-order valence-corrected chi connectivity index (χ1v) is 13.1. The second-order valence-electron chi connectivity index (χ2n) is 10.3. The lowest BCUT2D eigenvalue weighted by molar-refractivity contribution is -0.142. The highest BCUT2D eigenvalue weighted by atomic mass is 32.1. The number of rotatable bonds is 11. The van der Waals surface area contributed by atoms with E-state index in [1.807, 2.05) is 40.7 Å². The topological polar surface area (TPSA) is 84.9 Å². The molecule has 2 aromatic rings. The van der Waals surface area contributed by atoms with Crippen molar-refractivity contribution in [2.75, 3.05) is 13.7 Å². The molecule has 0 bridgehead atoms. The molecule has 2 N–H and O–H groups in total. The van der Waals surface area contributed by atoms with Gasteiger partial charge < -0.3 is 19.9 Å². The highest BCUT2D eigenvalue weighted by Gasteiger charge is 2.23. The number of thiophene rings is 1. The van der Waals surface area contributed by atoms with Crippen LogP contribution in [0.25, 0.3) is 0 Å². The van der Waals surface area contributed by atoms with Crippen molar-refractivity contribution in [3.8, 4) is 5.75 Å². The second kappa shape index (κ2) is 12.5. The lowest BCUT2D eigenvalue weighted by Crippen LogP contribution is -2.39. The molecule has 0 saturated carbocycles. The summed E-state index contributed by atoms with van der Waals surface area (Å²) in [5, 5.41) is 13.0. The molecule has 7 heteroatoms. The van der Waals surface area contributed by atoms with Crippen LogP contribution >= 0.6 is 11.3 Å². The molecule has 2 rings (SSSR count). The maximum Gasteiger partial charge on any atom is 0.328 e. The molecule has 1 aromatic heterocycles. The van der Waals surface area contributed by atoms with Gasteiger partial charge in [0.1, 0.15) is 18.4 Å². The van der Waals surface area contributed by atoms with Crippen molar-refractivity contribution in [3.05, 3.63) is 50.7 Å². The zero-order valence-corrected chi connectivity index (χ0v) is 23.2. The van der Waals surface area contributed by atoms with Gasteiger partial charge in [0.15, 0.2) is 0 Å². The third-order valence-electron chi connectivity index (χ3n) is 6.38. The summed E-state index contributed by atoms with van der Waals surface area (Å²) in [6, 6.07) is 7.68. The number of hydrogen-bond acceptors (Lipinski definition) is 6. The number of aryl methyl sites for hydroxylation is 3. The largest absolute Gasteiger partial charge is 0.491 e. The lowest BCUT2D eigenvalue weighted by atomic mass is 9.89. The van der Waals surface area contributed by atoms with Crippen LogP contribution in [0, 0.1) is 19.3 Å². The molecule has 0 aliphatic carbocycles. The van der Waals surface area contributed by atoms with Gasteiger partial charge in [0, 0.05) is 4.88 Å². The van der Waals surface area contributed by atoms with E-state index < -0.39 is 18.1 Å². The van der Waals surface area contributed by atoms with E-state index in [9.17, 15) is 14.7 Å². The summed E-state index contributed by atoms with van der Waals surface area (Å²) in [6.07, 6.45) is 2.32. The SMILES string of the molecule is CCC(CCc1cc(C)c(C(=O)NC(C)C(=O)OC)s1)c1ccc(OCC(O)C(C)(C)C)c(C)c1. The first kappa shape index (κ1) is 28.9. The normalized spacial score (nSPS) is 14.2. The molecule has 35 heavy (non-hydrogen) atoms. The fourth-order valence-electron chi connectivity index (χ4n) is 3.82. The minimum atomic E-state index is -0.686. The molecule has 0 radical (unpaired) electrons. The van der Waals surface area contributed by atoms with Gasteiger partial charge in [0.05, 0.1) is 18.1 Å². The van der Waals surface area contributed by atoms with Gasteiger partial charge in [-0.3, -0.25) is 4.79 Å². The molecule has 3 unspecified atom stereocenters. The van der Waals surface area contributed by atoms with Crippen molar-refractivity contribution < 1.29 is 24.2 Å². The summed E-state index contributed by atoms with van der Waals surface area (Å²) in [7, 11) is 1.31. The summed E-state index contributed by atoms with van der Waals surface area (Å²) in [5.41, 5.74) is 3.03. The van der Waals surface area contributed by atoms with Crippen LogP contribution in [0.3, 0.4) is 0 Å². The van der Waals surface area contributed by atoms with Crippen LogP contribution in [-0.4, -0.2) is 42.8 Å². The number of ether oxygens (including phenoxy) is 2. The molecule has 1 heterocycles. The number of carbonyl (C=O) groups is 2. The van der Waals surface area contributed by atoms with Gasteiger partial charge in [-0.25, -0.2) is 4.79 Å². The first-order chi connectivity index (χ1) is 16.4. The Morgan fingerprint density at radius 1 is 1.14 bits per heavy atom. The van der Waals surface area contributed by atoms with E-state index in [2.05, 4.69) is 35.2 Å². The number of methoxy groups -OCH3 is 1. The van der Waals surface area contributed by atoms with Gasteiger partial charge in [0.2, 0.25) is 0 Å². The molecule has 0 aliphatic rings. The maximum atomic E-state index is 12.6. The number of hydrogen-bond donors (Lipinski definition) is 2. The Bertz CT molecular complexity index is 1010. The number of amides is 1. The van der Waals surface area contributed by atoms with Gasteiger partial charge >= 0.3 is 5.97 Å². The quantitative estimate of drug-likeness (QED) is 0.392. The summed E-state index contributed by atoms with van der Waals surface area (Å²) in [5.74, 6) is 0.488. The van der Waals surface area contributed by atoms with E-state index in [1.54, 1.807) is 6.92 Å². The molecule has 0 aliphatic heterocycles. The minimum absolute atomic E-state index is 0.221. The van der Waals surface area contributed by atoms with Gasteiger partial charge in [-0.2, -0.15) is 0 Å². The molecule has 0 fully saturated rings. The van der Waals surface area contributed by atoms with Crippen molar-refractivity contribution in [2.24, 2.45) is 5.41 Å². The van der Waals surface area contributed by atoms with E-state index >= 15 is 0 Å². The van der Waals surface area contributed by atoms with Crippen molar-refractivity contribution in [3.63, 3.8) is 0 Å². The van der Waals surface area contributed by atoms with Crippen LogP contribution < -0.4 is 10.1 Å². The van der Waals surface area contributed by atoms with Gasteiger partial charge in [0.25, 0.3) is 5.91 Å². The van der Waals surface area contributed by atoms with Crippen LogP contribution in [0.4, 0.5) is 0 Å². The smallest absolute Gasteiger partial charge is 0.328 e. The second-order valence-corrected chi connectivity index (χ2v) is 11.4. The standard InChI is InChI=1S/C28H41NO5S/c1-9-20(21-11-13-23(17(2)14-21)34-16-24(30)28(5,6)7)10-12-22-15-18(3)25(35-22)26(31)29-19(4)27(32)33-8/h11,13-15,19-20,24,30H,9-10,12,16H2,1-8H3,(H,29,31). The number of aliphatic hydroxyl groups excluding tert-OH is 1. The molecule has 3 atom stereocenters. The van der Waals surface area contributed by atoms with Crippen LogP contribution in [0.5, 0.6) is 5.75 Å². The van der Waals surface area contributed by atoms with Crippen LogP contribution in [0.15, 0.2) is 24.3 Å². The molecule has 0 spiro atoms. The van der Waals surface area contributed by atoms with E-state index in [0.29, 0.717) is 10.8 Å². The number of benzene rings is 1. The van der Waals surface area contributed by atoms with Crippen LogP contribution in [0.2, 0.25) is 0 Å². The third kappa shape index (κ3) is 8.07. The summed E-state index contributed by atoms with van der Waals surface area (Å²) < 4.78 is 10.6. The van der Waals surface area contributed by atoms with Gasteiger partial charge in [-0.05, 0) is 80.2 Å². The average Bonchev–Trinajstić information content (AvgIpc) is 3.17. The third-order valence-corrected chi connectivity index (χ3v) is 7.67. The van der Waals surface area contributed by atoms with E-state index in [-0.39, 0.29) is 17.9 Å². The molecule has 1 amide bonds. The maximum absolute atomic E-state index is 12.6. The van der Waals surface area contributed by atoms with Crippen molar-refractivity contribution in [1.82, 2.24) is 5.32 Å². The predicted octanol–water partition coefficient (Wildman–Crippen LogP) is 5.57. The van der Waals surface area contributed by atoms with E-state index in [0.717, 1.165) is 41.0 Å². The zero-order chi connectivity index (χ0) is 26.3. The van der Waals surface area contributed by atoms with E-state index in [4.69, 9.17) is 4.74 Å². The fourth-order valence-corrected chi connectivity index (χ4v) is 4.91. The number of carbonyl (C=O) groups excluding carboxylic acids is 2. The van der Waals surface area contributed by atoms with Crippen molar-refractivity contribution >= 4 is 23.2 Å². The molecular formula is C28H41NO5S. The fraction of sp³-hybridized carbons (Fsp3) is 0.571. The lowest BCUT2D eigenvalue weighted by Gasteiger charge is -2.26. The Labute approximate surface area is 214 Å². The summed E-state index contributed by atoms with van der Waals surface area (Å²) in [4.78, 5) is 26.0. The number of esters is 1. The van der Waals surface area contributed by atoms with E-state index in [1.165, 1.54) is 24.0 Å². The molecule has 1 aromatic carbocycles. The van der Waals surface area contributed by atoms with Crippen LogP contribution in [-0.2, 0) is 16.0 Å². The number of aliphatic hydroxyl groups is 1. The summed E-state index contributed by atoms with van der Waals surface area (Å²) >= 11 is 1.49. The summed E-state index contributed by atoms with van der Waals surface area (Å²) in [6.45, 7) is 14.0. The molecule has 6 nitrogen and oxygen atoms in total. The molecule has 194 valence electrons. The van der Waals surface area contributed by atoms with Gasteiger partial charge in [-0.1, -0.05) is 39.8 Å². The number of nitrogens with one attached hydrogen (secondary N) is 1. The average molecular weight is 504 g/mol. The van der Waals surface area contributed by atoms with Crippen LogP contribution in [0.1, 0.15) is 84.6 Å². The Balaban J connectivity index is 2.02. The zero-order valence-electron chi connectivity index (χ0n) is 22.4. The predicted molar refractivity (Wildman–Crippen MR) is 141 cm³/mol. The highest BCUT2D eigenvalue weighted by molar-refractivity contribution is 7.14. The Hall–Kier alpha value is -2.38. The Morgan fingerprint density at radius 2 is 1.83 bits per heavy atom. The molecular weight excluding hydrogens is 462 g/mol. The monoisotopic (exact) mass is 503 g/mol.